The Bertz CT molecular complexity index is 984. The molecule has 0 saturated heterocycles. The highest BCUT2D eigenvalue weighted by Gasteiger charge is 2.19. The number of benzene rings is 1. The van der Waals surface area contributed by atoms with E-state index in [2.05, 4.69) is 10.3 Å². The topological polar surface area (TPSA) is 99.9 Å². The van der Waals surface area contributed by atoms with Gasteiger partial charge in [0.15, 0.2) is 11.2 Å². The lowest BCUT2D eigenvalue weighted by molar-refractivity contribution is 0.702. The van der Waals surface area contributed by atoms with Crippen molar-refractivity contribution in [2.75, 3.05) is 18.4 Å². The van der Waals surface area contributed by atoms with Gasteiger partial charge in [-0.15, -0.1) is 0 Å². The largest absolute Gasteiger partial charge is 0.354 e. The average molecular weight is 328 g/mol. The Morgan fingerprint density at radius 1 is 1.12 bits per heavy atom. The van der Waals surface area contributed by atoms with E-state index in [1.165, 1.54) is 11.6 Å². The summed E-state index contributed by atoms with van der Waals surface area (Å²) in [5.41, 5.74) is 6.58. The molecule has 0 unspecified atom stereocenters. The lowest BCUT2D eigenvalue weighted by Crippen LogP contribution is -2.37. The zero-order valence-corrected chi connectivity index (χ0v) is 13.7. The predicted molar refractivity (Wildman–Crippen MR) is 93.3 cm³/mol. The minimum Gasteiger partial charge on any atom is -0.354 e. The van der Waals surface area contributed by atoms with Crippen molar-refractivity contribution in [3.63, 3.8) is 0 Å². The Balaban J connectivity index is 2.27. The number of imidazole rings is 1. The van der Waals surface area contributed by atoms with Gasteiger partial charge in [-0.2, -0.15) is 4.98 Å². The summed E-state index contributed by atoms with van der Waals surface area (Å²) < 4.78 is 4.27. The smallest absolute Gasteiger partial charge is 0.332 e. The van der Waals surface area contributed by atoms with E-state index in [0.717, 1.165) is 10.1 Å². The lowest BCUT2D eigenvalue weighted by atomic mass is 10.2. The number of hydrogen-bond donors (Lipinski definition) is 2. The Morgan fingerprint density at radius 2 is 1.83 bits per heavy atom. The quantitative estimate of drug-likeness (QED) is 0.679. The Kier molecular flexibility index (Phi) is 4.22. The third-order valence-electron chi connectivity index (χ3n) is 3.96. The highest BCUT2D eigenvalue weighted by atomic mass is 16.2. The Hall–Kier alpha value is -2.87. The summed E-state index contributed by atoms with van der Waals surface area (Å²) in [5.74, 6) is 0.526. The summed E-state index contributed by atoms with van der Waals surface area (Å²) in [4.78, 5) is 29.2. The first-order valence-electron chi connectivity index (χ1n) is 7.68. The first-order valence-corrected chi connectivity index (χ1v) is 7.68. The van der Waals surface area contributed by atoms with Crippen LogP contribution in [-0.2, 0) is 20.6 Å². The zero-order valence-electron chi connectivity index (χ0n) is 13.7. The molecule has 1 aromatic carbocycles. The van der Waals surface area contributed by atoms with Gasteiger partial charge in [-0.25, -0.2) is 4.79 Å². The summed E-state index contributed by atoms with van der Waals surface area (Å²) in [5, 5.41) is 3.13. The zero-order chi connectivity index (χ0) is 17.3. The molecule has 8 nitrogen and oxygen atoms in total. The number of nitrogens with zero attached hydrogens (tertiary/aromatic N) is 4. The fourth-order valence-electron chi connectivity index (χ4n) is 2.69. The summed E-state index contributed by atoms with van der Waals surface area (Å²) in [6.07, 6.45) is 0. The maximum absolute atomic E-state index is 12.6. The number of anilines is 1. The molecule has 3 aromatic rings. The number of aromatic nitrogens is 4. The van der Waals surface area contributed by atoms with Crippen LogP contribution in [0.25, 0.3) is 11.2 Å². The third kappa shape index (κ3) is 2.61. The van der Waals surface area contributed by atoms with E-state index < -0.39 is 5.69 Å². The standard InChI is InChI=1S/C16H20N6O2/c1-20-13-12(14(23)21(2)16(20)24)22(15(19-13)18-9-8-17)10-11-6-4-3-5-7-11/h3-7H,8-10,17H2,1-2H3,(H,18,19). The van der Waals surface area contributed by atoms with Crippen LogP contribution in [0.3, 0.4) is 0 Å². The molecule has 0 spiro atoms. The molecule has 0 fully saturated rings. The number of aryl methyl sites for hydroxylation is 1. The van der Waals surface area contributed by atoms with Crippen molar-refractivity contribution in [2.45, 2.75) is 6.54 Å². The molecule has 126 valence electrons. The second-order valence-electron chi connectivity index (χ2n) is 5.60. The monoisotopic (exact) mass is 328 g/mol. The van der Waals surface area contributed by atoms with Crippen LogP contribution in [0.15, 0.2) is 39.9 Å². The van der Waals surface area contributed by atoms with Crippen molar-refractivity contribution in [1.29, 1.82) is 0 Å². The summed E-state index contributed by atoms with van der Waals surface area (Å²) in [6.45, 7) is 1.43. The van der Waals surface area contributed by atoms with Crippen molar-refractivity contribution >= 4 is 17.1 Å². The van der Waals surface area contributed by atoms with Gasteiger partial charge in [0, 0.05) is 27.2 Å². The maximum Gasteiger partial charge on any atom is 0.332 e. The van der Waals surface area contributed by atoms with Gasteiger partial charge in [-0.3, -0.25) is 18.5 Å². The van der Waals surface area contributed by atoms with Gasteiger partial charge >= 0.3 is 5.69 Å². The minimum absolute atomic E-state index is 0.360. The summed E-state index contributed by atoms with van der Waals surface area (Å²) in [7, 11) is 3.08. The molecule has 0 amide bonds. The first kappa shape index (κ1) is 16.0. The molecule has 8 heteroatoms. The van der Waals surface area contributed by atoms with E-state index in [4.69, 9.17) is 5.73 Å². The van der Waals surface area contributed by atoms with Crippen LogP contribution in [0, 0.1) is 0 Å². The van der Waals surface area contributed by atoms with E-state index in [1.54, 1.807) is 11.6 Å². The second kappa shape index (κ2) is 6.32. The Labute approximate surface area is 138 Å². The number of nitrogens with one attached hydrogen (secondary N) is 1. The molecule has 0 radical (unpaired) electrons. The van der Waals surface area contributed by atoms with E-state index in [0.29, 0.717) is 36.7 Å². The van der Waals surface area contributed by atoms with Crippen molar-refractivity contribution in [1.82, 2.24) is 18.7 Å². The van der Waals surface area contributed by atoms with E-state index in [9.17, 15) is 9.59 Å². The number of fused-ring (bicyclic) bond motifs is 1. The number of rotatable bonds is 5. The van der Waals surface area contributed by atoms with Gasteiger partial charge in [-0.05, 0) is 5.56 Å². The van der Waals surface area contributed by atoms with Crippen LogP contribution in [0.4, 0.5) is 5.95 Å². The van der Waals surface area contributed by atoms with Gasteiger partial charge in [0.1, 0.15) is 0 Å². The summed E-state index contributed by atoms with van der Waals surface area (Å²) in [6, 6.07) is 9.77. The molecule has 0 aliphatic rings. The molecule has 0 atom stereocenters. The van der Waals surface area contributed by atoms with Crippen molar-refractivity contribution in [3.8, 4) is 0 Å². The molecule has 3 N–H and O–H groups in total. The van der Waals surface area contributed by atoms with Crippen LogP contribution < -0.4 is 22.3 Å². The van der Waals surface area contributed by atoms with Crippen molar-refractivity contribution in [2.24, 2.45) is 19.8 Å². The van der Waals surface area contributed by atoms with Gasteiger partial charge in [0.25, 0.3) is 5.56 Å². The van der Waals surface area contributed by atoms with Crippen LogP contribution in [0.1, 0.15) is 5.56 Å². The molecule has 2 heterocycles. The molecular formula is C16H20N6O2. The van der Waals surface area contributed by atoms with E-state index >= 15 is 0 Å². The third-order valence-corrected chi connectivity index (χ3v) is 3.96. The summed E-state index contributed by atoms with van der Waals surface area (Å²) >= 11 is 0. The van der Waals surface area contributed by atoms with Gasteiger partial charge in [0.2, 0.25) is 5.95 Å². The Morgan fingerprint density at radius 3 is 2.50 bits per heavy atom. The molecular weight excluding hydrogens is 308 g/mol. The van der Waals surface area contributed by atoms with Gasteiger partial charge < -0.3 is 11.1 Å². The molecule has 0 bridgehead atoms. The molecule has 2 aromatic heterocycles. The molecule has 0 aliphatic carbocycles. The first-order chi connectivity index (χ1) is 11.5. The van der Waals surface area contributed by atoms with Crippen LogP contribution in [0.5, 0.6) is 0 Å². The minimum atomic E-state index is -0.401. The van der Waals surface area contributed by atoms with Crippen molar-refractivity contribution in [3.05, 3.63) is 56.7 Å². The normalized spacial score (nSPS) is 11.1. The van der Waals surface area contributed by atoms with Gasteiger partial charge in [-0.1, -0.05) is 30.3 Å². The lowest BCUT2D eigenvalue weighted by Gasteiger charge is -2.10. The number of nitrogens with two attached hydrogens (primary N) is 1. The molecule has 0 aliphatic heterocycles. The SMILES string of the molecule is Cn1c(=O)c2c(nc(NCCN)n2Cc2ccccc2)n(C)c1=O. The molecule has 3 rings (SSSR count). The van der Waals surface area contributed by atoms with Crippen LogP contribution >= 0.6 is 0 Å². The highest BCUT2D eigenvalue weighted by molar-refractivity contribution is 5.74. The second-order valence-corrected chi connectivity index (χ2v) is 5.60. The van der Waals surface area contributed by atoms with Gasteiger partial charge in [0.05, 0.1) is 6.54 Å². The maximum atomic E-state index is 12.6. The molecule has 24 heavy (non-hydrogen) atoms. The fraction of sp³-hybridized carbons (Fsp3) is 0.312. The predicted octanol–water partition coefficient (Wildman–Crippen LogP) is -0.147. The van der Waals surface area contributed by atoms with Crippen LogP contribution in [-0.4, -0.2) is 31.8 Å². The van der Waals surface area contributed by atoms with E-state index in [1.807, 2.05) is 30.3 Å². The van der Waals surface area contributed by atoms with E-state index in [-0.39, 0.29) is 5.56 Å². The van der Waals surface area contributed by atoms with Crippen LogP contribution in [0.2, 0.25) is 0 Å². The van der Waals surface area contributed by atoms with Crippen molar-refractivity contribution < 1.29 is 0 Å². The number of hydrogen-bond acceptors (Lipinski definition) is 5. The highest BCUT2D eigenvalue weighted by Crippen LogP contribution is 2.17. The average Bonchev–Trinajstić information content (AvgIpc) is 2.95. The molecule has 0 saturated carbocycles. The fourth-order valence-corrected chi connectivity index (χ4v) is 2.69.